The third-order valence-corrected chi connectivity index (χ3v) is 5.28. The van der Waals surface area contributed by atoms with Gasteiger partial charge in [-0.05, 0) is 24.5 Å². The molecule has 1 aliphatic heterocycles. The number of carbonyl (C=O) groups excluding carboxylic acids is 1. The van der Waals surface area contributed by atoms with Crippen LogP contribution in [0.4, 0.5) is 5.69 Å². The van der Waals surface area contributed by atoms with Crippen molar-refractivity contribution in [3.05, 3.63) is 47.8 Å². The number of carbonyl (C=O) groups is 1. The molecule has 1 N–H and O–H groups in total. The van der Waals surface area contributed by atoms with Crippen LogP contribution in [0.25, 0.3) is 0 Å². The standard InChI is InChI=1S/C20H26N6O/c1-3-21-20(22-11-16-10-15-6-4-5-7-18(15)16)25-8-9-26(19(27)14-25)17-12-23-24(2)13-17/h4-7,12-13,16H,3,8-11,14H2,1-2H3,(H,21,22). The van der Waals surface area contributed by atoms with Gasteiger partial charge in [0.15, 0.2) is 5.96 Å². The van der Waals surface area contributed by atoms with Crippen molar-refractivity contribution in [2.24, 2.45) is 12.0 Å². The van der Waals surface area contributed by atoms with Crippen LogP contribution in [0, 0.1) is 0 Å². The largest absolute Gasteiger partial charge is 0.357 e. The van der Waals surface area contributed by atoms with Gasteiger partial charge in [0.1, 0.15) is 6.54 Å². The first-order valence-corrected chi connectivity index (χ1v) is 9.55. The maximum Gasteiger partial charge on any atom is 0.246 e. The van der Waals surface area contributed by atoms with E-state index in [1.165, 1.54) is 11.1 Å². The molecule has 1 saturated heterocycles. The fraction of sp³-hybridized carbons (Fsp3) is 0.450. The van der Waals surface area contributed by atoms with E-state index >= 15 is 0 Å². The summed E-state index contributed by atoms with van der Waals surface area (Å²) in [5, 5.41) is 7.51. The number of benzene rings is 1. The van der Waals surface area contributed by atoms with Crippen molar-refractivity contribution in [1.82, 2.24) is 20.0 Å². The lowest BCUT2D eigenvalue weighted by atomic mass is 9.78. The summed E-state index contributed by atoms with van der Waals surface area (Å²) >= 11 is 0. The number of hydrogen-bond acceptors (Lipinski definition) is 3. The molecule has 0 radical (unpaired) electrons. The highest BCUT2D eigenvalue weighted by atomic mass is 16.2. The van der Waals surface area contributed by atoms with E-state index in [9.17, 15) is 4.79 Å². The van der Waals surface area contributed by atoms with Crippen molar-refractivity contribution in [3.8, 4) is 0 Å². The van der Waals surface area contributed by atoms with Crippen molar-refractivity contribution in [2.75, 3.05) is 37.6 Å². The average molecular weight is 366 g/mol. The number of rotatable bonds is 4. The van der Waals surface area contributed by atoms with E-state index in [1.807, 2.05) is 13.2 Å². The molecule has 2 aromatic rings. The van der Waals surface area contributed by atoms with Gasteiger partial charge in [0, 0.05) is 45.3 Å². The number of aromatic nitrogens is 2. The predicted octanol–water partition coefficient (Wildman–Crippen LogP) is 1.37. The Morgan fingerprint density at radius 3 is 2.89 bits per heavy atom. The minimum atomic E-state index is 0.0776. The monoisotopic (exact) mass is 366 g/mol. The second kappa shape index (κ2) is 7.42. The van der Waals surface area contributed by atoms with Crippen LogP contribution >= 0.6 is 0 Å². The van der Waals surface area contributed by atoms with Crippen molar-refractivity contribution in [3.63, 3.8) is 0 Å². The third kappa shape index (κ3) is 3.54. The quantitative estimate of drug-likeness (QED) is 0.656. The van der Waals surface area contributed by atoms with Gasteiger partial charge < -0.3 is 15.1 Å². The van der Waals surface area contributed by atoms with Crippen molar-refractivity contribution in [1.29, 1.82) is 0 Å². The van der Waals surface area contributed by atoms with Crippen LogP contribution in [0.5, 0.6) is 0 Å². The summed E-state index contributed by atoms with van der Waals surface area (Å²) in [7, 11) is 1.86. The molecule has 1 aromatic carbocycles. The Morgan fingerprint density at radius 1 is 1.33 bits per heavy atom. The highest BCUT2D eigenvalue weighted by Gasteiger charge is 2.29. The van der Waals surface area contributed by atoms with Crippen molar-refractivity contribution >= 4 is 17.6 Å². The van der Waals surface area contributed by atoms with Gasteiger partial charge in [-0.25, -0.2) is 0 Å². The average Bonchev–Trinajstić information content (AvgIpc) is 3.07. The fourth-order valence-corrected chi connectivity index (χ4v) is 3.82. The number of nitrogens with zero attached hydrogens (tertiary/aromatic N) is 5. The second-order valence-electron chi connectivity index (χ2n) is 7.13. The first kappa shape index (κ1) is 17.6. The number of amides is 1. The molecule has 1 amide bonds. The molecule has 1 unspecified atom stereocenters. The van der Waals surface area contributed by atoms with Crippen LogP contribution in [0.1, 0.15) is 24.0 Å². The maximum absolute atomic E-state index is 12.7. The summed E-state index contributed by atoms with van der Waals surface area (Å²) in [5.74, 6) is 1.40. The van der Waals surface area contributed by atoms with Gasteiger partial charge in [-0.3, -0.25) is 14.5 Å². The van der Waals surface area contributed by atoms with Gasteiger partial charge in [0.2, 0.25) is 5.91 Å². The number of fused-ring (bicyclic) bond motifs is 1. The van der Waals surface area contributed by atoms with E-state index in [4.69, 9.17) is 4.99 Å². The Kier molecular flexibility index (Phi) is 4.83. The normalized spacial score (nSPS) is 19.7. The van der Waals surface area contributed by atoms with E-state index < -0.39 is 0 Å². The molecule has 142 valence electrons. The summed E-state index contributed by atoms with van der Waals surface area (Å²) in [6, 6.07) is 8.57. The van der Waals surface area contributed by atoms with Gasteiger partial charge in [0.05, 0.1) is 11.9 Å². The lowest BCUT2D eigenvalue weighted by molar-refractivity contribution is -0.120. The number of aliphatic imine (C=N–C) groups is 1. The molecule has 1 atom stereocenters. The van der Waals surface area contributed by atoms with Crippen LogP contribution < -0.4 is 10.2 Å². The highest BCUT2D eigenvalue weighted by molar-refractivity contribution is 5.98. The van der Waals surface area contributed by atoms with Gasteiger partial charge in [-0.2, -0.15) is 5.10 Å². The van der Waals surface area contributed by atoms with Gasteiger partial charge in [0.25, 0.3) is 0 Å². The molecule has 27 heavy (non-hydrogen) atoms. The Hall–Kier alpha value is -2.83. The molecule has 2 aliphatic rings. The lowest BCUT2D eigenvalue weighted by Gasteiger charge is -2.36. The molecule has 1 aromatic heterocycles. The molecular formula is C20H26N6O. The molecular weight excluding hydrogens is 340 g/mol. The molecule has 1 aliphatic carbocycles. The minimum Gasteiger partial charge on any atom is -0.357 e. The maximum atomic E-state index is 12.7. The Balaban J connectivity index is 1.41. The third-order valence-electron chi connectivity index (χ3n) is 5.28. The van der Waals surface area contributed by atoms with Crippen LogP contribution in [-0.4, -0.2) is 59.3 Å². The van der Waals surface area contributed by atoms with E-state index in [1.54, 1.807) is 15.8 Å². The molecule has 2 heterocycles. The summed E-state index contributed by atoms with van der Waals surface area (Å²) in [6.07, 6.45) is 4.70. The first-order chi connectivity index (χ1) is 13.2. The number of piperazine rings is 1. The topological polar surface area (TPSA) is 65.8 Å². The molecule has 0 saturated carbocycles. The van der Waals surface area contributed by atoms with E-state index in [0.29, 0.717) is 19.0 Å². The van der Waals surface area contributed by atoms with Crippen LogP contribution in [-0.2, 0) is 18.3 Å². The van der Waals surface area contributed by atoms with E-state index in [2.05, 4.69) is 46.5 Å². The van der Waals surface area contributed by atoms with E-state index in [-0.39, 0.29) is 5.91 Å². The van der Waals surface area contributed by atoms with Gasteiger partial charge >= 0.3 is 0 Å². The Morgan fingerprint density at radius 2 is 2.19 bits per heavy atom. The Bertz CT molecular complexity index is 858. The molecule has 7 nitrogen and oxygen atoms in total. The summed E-state index contributed by atoms with van der Waals surface area (Å²) in [4.78, 5) is 21.4. The minimum absolute atomic E-state index is 0.0776. The lowest BCUT2D eigenvalue weighted by Crippen LogP contribution is -2.55. The van der Waals surface area contributed by atoms with Gasteiger partial charge in [-0.1, -0.05) is 24.3 Å². The smallest absolute Gasteiger partial charge is 0.246 e. The SMILES string of the molecule is CCNC(=NCC1Cc2ccccc21)N1CCN(c2cnn(C)c2)C(=O)C1. The molecule has 0 spiro atoms. The summed E-state index contributed by atoms with van der Waals surface area (Å²) in [6.45, 7) is 5.34. The number of hydrogen-bond donors (Lipinski definition) is 1. The van der Waals surface area contributed by atoms with Crippen molar-refractivity contribution in [2.45, 2.75) is 19.3 Å². The molecule has 4 rings (SSSR count). The number of anilines is 1. The molecule has 1 fully saturated rings. The zero-order valence-corrected chi connectivity index (χ0v) is 15.9. The van der Waals surface area contributed by atoms with Crippen LogP contribution in [0.3, 0.4) is 0 Å². The van der Waals surface area contributed by atoms with Crippen molar-refractivity contribution < 1.29 is 4.79 Å². The predicted molar refractivity (Wildman–Crippen MR) is 106 cm³/mol. The van der Waals surface area contributed by atoms with Crippen LogP contribution in [0.2, 0.25) is 0 Å². The number of guanidine groups is 1. The first-order valence-electron chi connectivity index (χ1n) is 9.55. The van der Waals surface area contributed by atoms with Gasteiger partial charge in [-0.15, -0.1) is 0 Å². The molecule has 7 heteroatoms. The fourth-order valence-electron chi connectivity index (χ4n) is 3.82. The highest BCUT2D eigenvalue weighted by Crippen LogP contribution is 2.34. The Labute approximate surface area is 159 Å². The number of aryl methyl sites for hydroxylation is 1. The zero-order chi connectivity index (χ0) is 18.8. The van der Waals surface area contributed by atoms with E-state index in [0.717, 1.165) is 37.7 Å². The zero-order valence-electron chi connectivity index (χ0n) is 15.9. The van der Waals surface area contributed by atoms with Crippen LogP contribution in [0.15, 0.2) is 41.7 Å². The second-order valence-corrected chi connectivity index (χ2v) is 7.13. The molecule has 0 bridgehead atoms. The number of nitrogens with one attached hydrogen (secondary N) is 1. The summed E-state index contributed by atoms with van der Waals surface area (Å²) in [5.41, 5.74) is 3.70. The summed E-state index contributed by atoms with van der Waals surface area (Å²) < 4.78 is 1.72.